The SMILES string of the molecule is N/C(=N/O)c1cc(F)ccc1NC(=O)CC1CC1. The summed E-state index contributed by atoms with van der Waals surface area (Å²) in [5, 5.41) is 14.1. The molecule has 1 aromatic carbocycles. The molecule has 0 unspecified atom stereocenters. The molecule has 0 heterocycles. The van der Waals surface area contributed by atoms with E-state index >= 15 is 0 Å². The van der Waals surface area contributed by atoms with Crippen molar-refractivity contribution in [1.29, 1.82) is 0 Å². The maximum atomic E-state index is 13.1. The number of carbonyl (C=O) groups excluding carboxylic acids is 1. The molecule has 1 saturated carbocycles. The Morgan fingerprint density at radius 3 is 2.89 bits per heavy atom. The number of hydrogen-bond donors (Lipinski definition) is 3. The molecular weight excluding hydrogens is 237 g/mol. The monoisotopic (exact) mass is 251 g/mol. The molecule has 1 aliphatic rings. The number of halogens is 1. The van der Waals surface area contributed by atoms with Crippen molar-refractivity contribution in [3.05, 3.63) is 29.6 Å². The minimum atomic E-state index is -0.517. The van der Waals surface area contributed by atoms with Crippen molar-refractivity contribution >= 4 is 17.4 Å². The highest BCUT2D eigenvalue weighted by atomic mass is 19.1. The number of nitrogens with two attached hydrogens (primary N) is 1. The van der Waals surface area contributed by atoms with Gasteiger partial charge in [0, 0.05) is 12.0 Å². The van der Waals surface area contributed by atoms with E-state index in [4.69, 9.17) is 10.9 Å². The lowest BCUT2D eigenvalue weighted by Crippen LogP contribution is -2.19. The van der Waals surface area contributed by atoms with E-state index in [0.717, 1.165) is 18.9 Å². The van der Waals surface area contributed by atoms with E-state index in [1.54, 1.807) is 0 Å². The average molecular weight is 251 g/mol. The Morgan fingerprint density at radius 2 is 2.28 bits per heavy atom. The Kier molecular flexibility index (Phi) is 3.45. The standard InChI is InChI=1S/C12H14FN3O2/c13-8-3-4-10(9(6-8)12(14)16-18)15-11(17)5-7-1-2-7/h3-4,6-7,18H,1-2,5H2,(H2,14,16)(H,15,17). The number of hydrogen-bond acceptors (Lipinski definition) is 3. The van der Waals surface area contributed by atoms with Crippen molar-refractivity contribution in [3.8, 4) is 0 Å². The molecular formula is C12H14FN3O2. The van der Waals surface area contributed by atoms with E-state index in [2.05, 4.69) is 10.5 Å². The van der Waals surface area contributed by atoms with Gasteiger partial charge in [-0.25, -0.2) is 4.39 Å². The zero-order chi connectivity index (χ0) is 13.1. The predicted molar refractivity (Wildman–Crippen MR) is 64.9 cm³/mol. The summed E-state index contributed by atoms with van der Waals surface area (Å²) < 4.78 is 13.1. The third-order valence-electron chi connectivity index (χ3n) is 2.81. The van der Waals surface area contributed by atoms with Gasteiger partial charge in [0.05, 0.1) is 5.69 Å². The van der Waals surface area contributed by atoms with Gasteiger partial charge in [0.2, 0.25) is 5.91 Å². The molecule has 0 saturated heterocycles. The number of nitrogens with zero attached hydrogens (tertiary/aromatic N) is 1. The predicted octanol–water partition coefficient (Wildman–Crippen LogP) is 1.66. The average Bonchev–Trinajstić information content (AvgIpc) is 3.14. The van der Waals surface area contributed by atoms with Crippen LogP contribution in [-0.4, -0.2) is 17.0 Å². The van der Waals surface area contributed by atoms with Crippen LogP contribution in [0.3, 0.4) is 0 Å². The van der Waals surface area contributed by atoms with Crippen LogP contribution in [0.15, 0.2) is 23.4 Å². The molecule has 1 aliphatic carbocycles. The third-order valence-corrected chi connectivity index (χ3v) is 2.81. The first-order valence-corrected chi connectivity index (χ1v) is 5.67. The van der Waals surface area contributed by atoms with Crippen LogP contribution in [0.5, 0.6) is 0 Å². The molecule has 0 spiro atoms. The molecule has 2 rings (SSSR count). The number of benzene rings is 1. The first-order valence-electron chi connectivity index (χ1n) is 5.67. The zero-order valence-corrected chi connectivity index (χ0v) is 9.69. The fourth-order valence-electron chi connectivity index (χ4n) is 1.68. The Hall–Kier alpha value is -2.11. The Bertz CT molecular complexity index is 498. The smallest absolute Gasteiger partial charge is 0.224 e. The number of carbonyl (C=O) groups is 1. The van der Waals surface area contributed by atoms with Crippen molar-refractivity contribution < 1.29 is 14.4 Å². The molecule has 18 heavy (non-hydrogen) atoms. The van der Waals surface area contributed by atoms with Gasteiger partial charge in [-0.2, -0.15) is 0 Å². The van der Waals surface area contributed by atoms with Gasteiger partial charge in [0.25, 0.3) is 0 Å². The Labute approximate surface area is 103 Å². The molecule has 96 valence electrons. The van der Waals surface area contributed by atoms with Crippen molar-refractivity contribution in [2.75, 3.05) is 5.32 Å². The first-order chi connectivity index (χ1) is 8.60. The lowest BCUT2D eigenvalue weighted by atomic mass is 10.1. The molecule has 0 aromatic heterocycles. The van der Waals surface area contributed by atoms with Crippen LogP contribution < -0.4 is 11.1 Å². The molecule has 1 amide bonds. The largest absolute Gasteiger partial charge is 0.409 e. The van der Waals surface area contributed by atoms with E-state index in [-0.39, 0.29) is 17.3 Å². The van der Waals surface area contributed by atoms with Gasteiger partial charge in [-0.15, -0.1) is 0 Å². The molecule has 0 bridgehead atoms. The summed E-state index contributed by atoms with van der Waals surface area (Å²) in [6.07, 6.45) is 2.60. The quantitative estimate of drug-likeness (QED) is 0.329. The van der Waals surface area contributed by atoms with Crippen LogP contribution in [0, 0.1) is 11.7 Å². The molecule has 0 atom stereocenters. The second-order valence-electron chi connectivity index (χ2n) is 4.37. The molecule has 1 aromatic rings. The van der Waals surface area contributed by atoms with Gasteiger partial charge < -0.3 is 16.3 Å². The minimum absolute atomic E-state index is 0.143. The van der Waals surface area contributed by atoms with Crippen molar-refractivity contribution in [2.24, 2.45) is 16.8 Å². The topological polar surface area (TPSA) is 87.7 Å². The number of amidine groups is 1. The van der Waals surface area contributed by atoms with E-state index in [1.165, 1.54) is 12.1 Å². The molecule has 4 N–H and O–H groups in total. The fraction of sp³-hybridized carbons (Fsp3) is 0.333. The molecule has 0 radical (unpaired) electrons. The number of oxime groups is 1. The summed E-state index contributed by atoms with van der Waals surface area (Å²) in [5.74, 6) is -0.443. The fourth-order valence-corrected chi connectivity index (χ4v) is 1.68. The molecule has 6 heteroatoms. The zero-order valence-electron chi connectivity index (χ0n) is 9.69. The highest BCUT2D eigenvalue weighted by Crippen LogP contribution is 2.32. The van der Waals surface area contributed by atoms with Gasteiger partial charge in [0.15, 0.2) is 5.84 Å². The maximum absolute atomic E-state index is 13.1. The van der Waals surface area contributed by atoms with E-state index in [9.17, 15) is 9.18 Å². The highest BCUT2D eigenvalue weighted by molar-refractivity contribution is 6.05. The summed E-state index contributed by atoms with van der Waals surface area (Å²) >= 11 is 0. The second kappa shape index (κ2) is 5.03. The minimum Gasteiger partial charge on any atom is -0.409 e. The lowest BCUT2D eigenvalue weighted by Gasteiger charge is -2.10. The molecule has 1 fully saturated rings. The van der Waals surface area contributed by atoms with Crippen LogP contribution in [0.2, 0.25) is 0 Å². The Morgan fingerprint density at radius 1 is 1.56 bits per heavy atom. The lowest BCUT2D eigenvalue weighted by molar-refractivity contribution is -0.116. The van der Waals surface area contributed by atoms with E-state index < -0.39 is 5.82 Å². The van der Waals surface area contributed by atoms with Crippen LogP contribution in [0.4, 0.5) is 10.1 Å². The van der Waals surface area contributed by atoms with Crippen LogP contribution in [0.25, 0.3) is 0 Å². The van der Waals surface area contributed by atoms with E-state index in [0.29, 0.717) is 18.0 Å². The summed E-state index contributed by atoms with van der Waals surface area (Å²) in [6, 6.07) is 3.72. The van der Waals surface area contributed by atoms with Gasteiger partial charge in [-0.3, -0.25) is 4.79 Å². The highest BCUT2D eigenvalue weighted by Gasteiger charge is 2.24. The summed E-state index contributed by atoms with van der Waals surface area (Å²) in [5.41, 5.74) is 5.95. The maximum Gasteiger partial charge on any atom is 0.224 e. The van der Waals surface area contributed by atoms with E-state index in [1.807, 2.05) is 0 Å². The van der Waals surface area contributed by atoms with Gasteiger partial charge in [-0.1, -0.05) is 5.16 Å². The number of anilines is 1. The van der Waals surface area contributed by atoms with Crippen molar-refractivity contribution in [2.45, 2.75) is 19.3 Å². The molecule has 5 nitrogen and oxygen atoms in total. The van der Waals surface area contributed by atoms with Crippen molar-refractivity contribution in [1.82, 2.24) is 0 Å². The summed E-state index contributed by atoms with van der Waals surface area (Å²) in [7, 11) is 0. The van der Waals surface area contributed by atoms with Crippen LogP contribution >= 0.6 is 0 Å². The summed E-state index contributed by atoms with van der Waals surface area (Å²) in [6.45, 7) is 0. The first kappa shape index (κ1) is 12.3. The van der Waals surface area contributed by atoms with Gasteiger partial charge >= 0.3 is 0 Å². The normalized spacial score (nSPS) is 15.5. The third kappa shape index (κ3) is 2.97. The van der Waals surface area contributed by atoms with Gasteiger partial charge in [0.1, 0.15) is 5.82 Å². The number of nitrogens with one attached hydrogen (secondary N) is 1. The number of amides is 1. The number of rotatable bonds is 4. The molecule has 0 aliphatic heterocycles. The van der Waals surface area contributed by atoms with Crippen molar-refractivity contribution in [3.63, 3.8) is 0 Å². The van der Waals surface area contributed by atoms with Gasteiger partial charge in [-0.05, 0) is 37.0 Å². The second-order valence-corrected chi connectivity index (χ2v) is 4.37. The van der Waals surface area contributed by atoms with Crippen LogP contribution in [-0.2, 0) is 4.79 Å². The van der Waals surface area contributed by atoms with Crippen LogP contribution in [0.1, 0.15) is 24.8 Å². The summed E-state index contributed by atoms with van der Waals surface area (Å²) in [4.78, 5) is 11.7. The Balaban J connectivity index is 2.17.